The minimum Gasteiger partial charge on any atom is -0.487 e. The van der Waals surface area contributed by atoms with Crippen LogP contribution in [0.25, 0.3) is 5.69 Å². The number of hydrogen-bond donors (Lipinski definition) is 1. The summed E-state index contributed by atoms with van der Waals surface area (Å²) in [5.41, 5.74) is 1.55. The van der Waals surface area contributed by atoms with Crippen LogP contribution in [0, 0.1) is 28.7 Å². The van der Waals surface area contributed by atoms with Gasteiger partial charge < -0.3 is 9.47 Å². The van der Waals surface area contributed by atoms with E-state index >= 15 is 0 Å². The van der Waals surface area contributed by atoms with Crippen molar-refractivity contribution in [3.8, 4) is 11.4 Å². The number of hydrogen-bond acceptors (Lipinski definition) is 6. The van der Waals surface area contributed by atoms with Crippen LogP contribution in [0.3, 0.4) is 0 Å². The Hall–Kier alpha value is -4.58. The number of pyridine rings is 1. The van der Waals surface area contributed by atoms with E-state index in [0.29, 0.717) is 22.6 Å². The summed E-state index contributed by atoms with van der Waals surface area (Å²) in [6.45, 7) is 1.38. The number of carbonyl (C=O) groups excluding carboxylic acids is 1. The Morgan fingerprint density at radius 3 is 2.49 bits per heavy atom. The Morgan fingerprint density at radius 2 is 1.79 bits per heavy atom. The van der Waals surface area contributed by atoms with Gasteiger partial charge in [0, 0.05) is 46.9 Å². The Bertz CT molecular complexity index is 1610. The molecule has 1 heterocycles. The number of nitrogens with zero attached hydrogens (tertiary/aromatic N) is 2. The maximum atomic E-state index is 13.9. The molecule has 39 heavy (non-hydrogen) atoms. The lowest BCUT2D eigenvalue weighted by atomic mass is 10.2. The number of nitro groups is 1. The molecule has 0 unspecified atom stereocenters. The second-order valence-corrected chi connectivity index (χ2v) is 9.10. The van der Waals surface area contributed by atoms with Crippen molar-refractivity contribution in [1.82, 2.24) is 4.57 Å². The van der Waals surface area contributed by atoms with Gasteiger partial charge in [-0.1, -0.05) is 12.1 Å². The minimum absolute atomic E-state index is 0.105. The van der Waals surface area contributed by atoms with Crippen molar-refractivity contribution in [3.63, 3.8) is 0 Å². The molecule has 9 nitrogen and oxygen atoms in total. The zero-order valence-corrected chi connectivity index (χ0v) is 21.9. The number of nitro benzene ring substituents is 1. The second-order valence-electron chi connectivity index (χ2n) is 8.30. The molecule has 1 aromatic heterocycles. The molecule has 0 saturated heterocycles. The standard InChI is InChI=1S/C27H20BrF2N3O6/c1-16-11-24(38-15-18-5-6-19(29)13-23(18)30)25(28)26(34)32(16)22-4-2-3-17(12-22)14-39-27(35)31-20-7-9-21(10-8-20)33(36)37/h2-13H,14-15H2,1H3,(H,31,35). The zero-order valence-electron chi connectivity index (χ0n) is 20.3. The number of halogens is 3. The van der Waals surface area contributed by atoms with Gasteiger partial charge in [-0.2, -0.15) is 0 Å². The van der Waals surface area contributed by atoms with Crippen molar-refractivity contribution in [2.45, 2.75) is 20.1 Å². The van der Waals surface area contributed by atoms with Crippen molar-refractivity contribution >= 4 is 33.4 Å². The highest BCUT2D eigenvalue weighted by Crippen LogP contribution is 2.26. The zero-order chi connectivity index (χ0) is 28.1. The molecular weight excluding hydrogens is 580 g/mol. The summed E-state index contributed by atoms with van der Waals surface area (Å²) in [4.78, 5) is 35.5. The predicted octanol–water partition coefficient (Wildman–Crippen LogP) is 6.42. The first-order chi connectivity index (χ1) is 18.6. The number of anilines is 1. The Labute approximate surface area is 228 Å². The fraction of sp³-hybridized carbons (Fsp3) is 0.111. The van der Waals surface area contributed by atoms with E-state index < -0.39 is 28.2 Å². The number of nitrogens with one attached hydrogen (secondary N) is 1. The SMILES string of the molecule is Cc1cc(OCc2ccc(F)cc2F)c(Br)c(=O)n1-c1cccc(COC(=O)Nc2ccc([N+](=O)[O-])cc2)c1. The van der Waals surface area contributed by atoms with Crippen LogP contribution in [0.4, 0.5) is 25.0 Å². The van der Waals surface area contributed by atoms with Crippen LogP contribution in [0.15, 0.2) is 82.1 Å². The van der Waals surface area contributed by atoms with E-state index in [0.717, 1.165) is 12.1 Å². The summed E-state index contributed by atoms with van der Waals surface area (Å²) in [6, 6.07) is 16.8. The molecule has 0 aliphatic carbocycles. The Balaban J connectivity index is 1.45. The summed E-state index contributed by atoms with van der Waals surface area (Å²) in [5.74, 6) is -1.26. The van der Waals surface area contributed by atoms with Crippen LogP contribution in [-0.4, -0.2) is 15.6 Å². The van der Waals surface area contributed by atoms with Gasteiger partial charge in [0.15, 0.2) is 0 Å². The van der Waals surface area contributed by atoms with Gasteiger partial charge in [0.25, 0.3) is 11.2 Å². The monoisotopic (exact) mass is 599 g/mol. The quantitative estimate of drug-likeness (QED) is 0.185. The average Bonchev–Trinajstić information content (AvgIpc) is 2.90. The molecule has 0 radical (unpaired) electrons. The average molecular weight is 600 g/mol. The second kappa shape index (κ2) is 11.9. The smallest absolute Gasteiger partial charge is 0.411 e. The number of amides is 1. The maximum absolute atomic E-state index is 13.9. The first-order valence-corrected chi connectivity index (χ1v) is 12.2. The number of rotatable bonds is 8. The number of aryl methyl sites for hydroxylation is 1. The van der Waals surface area contributed by atoms with Crippen LogP contribution < -0.4 is 15.6 Å². The molecule has 0 aliphatic rings. The van der Waals surface area contributed by atoms with Gasteiger partial charge in [0.1, 0.15) is 35.1 Å². The molecule has 0 bridgehead atoms. The molecule has 200 valence electrons. The molecule has 3 aromatic carbocycles. The lowest BCUT2D eigenvalue weighted by Gasteiger charge is -2.15. The van der Waals surface area contributed by atoms with Crippen LogP contribution in [-0.2, 0) is 18.0 Å². The van der Waals surface area contributed by atoms with Gasteiger partial charge in [-0.3, -0.25) is 24.8 Å². The van der Waals surface area contributed by atoms with E-state index in [9.17, 15) is 28.5 Å². The summed E-state index contributed by atoms with van der Waals surface area (Å²) < 4.78 is 39.5. The van der Waals surface area contributed by atoms with E-state index in [1.54, 1.807) is 37.3 Å². The van der Waals surface area contributed by atoms with Crippen LogP contribution >= 0.6 is 15.9 Å². The molecule has 0 aliphatic heterocycles. The third kappa shape index (κ3) is 6.65. The molecule has 0 fully saturated rings. The topological polar surface area (TPSA) is 113 Å². The van der Waals surface area contributed by atoms with Gasteiger partial charge in [-0.15, -0.1) is 0 Å². The summed E-state index contributed by atoms with van der Waals surface area (Å²) >= 11 is 3.25. The number of non-ortho nitro benzene ring substituents is 1. The van der Waals surface area contributed by atoms with Gasteiger partial charge in [0.2, 0.25) is 0 Å². The molecule has 1 amide bonds. The first-order valence-electron chi connectivity index (χ1n) is 11.4. The molecule has 0 spiro atoms. The van der Waals surface area contributed by atoms with E-state index in [1.165, 1.54) is 34.9 Å². The third-order valence-electron chi connectivity index (χ3n) is 5.56. The van der Waals surface area contributed by atoms with E-state index in [4.69, 9.17) is 9.47 Å². The molecule has 0 atom stereocenters. The van der Waals surface area contributed by atoms with Gasteiger partial charge in [-0.25, -0.2) is 13.6 Å². The van der Waals surface area contributed by atoms with Crippen molar-refractivity contribution in [3.05, 3.63) is 126 Å². The van der Waals surface area contributed by atoms with Crippen molar-refractivity contribution < 1.29 is 28.0 Å². The van der Waals surface area contributed by atoms with E-state index in [1.807, 2.05) is 0 Å². The first kappa shape index (κ1) is 27.5. The highest BCUT2D eigenvalue weighted by atomic mass is 79.9. The summed E-state index contributed by atoms with van der Waals surface area (Å²) in [5, 5.41) is 13.2. The Kier molecular flexibility index (Phi) is 8.35. The maximum Gasteiger partial charge on any atom is 0.411 e. The Morgan fingerprint density at radius 1 is 1.05 bits per heavy atom. The normalized spacial score (nSPS) is 10.7. The summed E-state index contributed by atoms with van der Waals surface area (Å²) in [7, 11) is 0. The molecule has 12 heteroatoms. The fourth-order valence-electron chi connectivity index (χ4n) is 3.66. The predicted molar refractivity (Wildman–Crippen MR) is 142 cm³/mol. The van der Waals surface area contributed by atoms with Gasteiger partial charge in [-0.05, 0) is 64.8 Å². The number of benzene rings is 3. The lowest BCUT2D eigenvalue weighted by Crippen LogP contribution is -2.22. The van der Waals surface area contributed by atoms with Crippen LogP contribution in [0.5, 0.6) is 5.75 Å². The highest BCUT2D eigenvalue weighted by Gasteiger charge is 2.15. The summed E-state index contributed by atoms with van der Waals surface area (Å²) in [6.07, 6.45) is -0.760. The fourth-order valence-corrected chi connectivity index (χ4v) is 4.06. The largest absolute Gasteiger partial charge is 0.487 e. The van der Waals surface area contributed by atoms with Crippen LogP contribution in [0.2, 0.25) is 0 Å². The van der Waals surface area contributed by atoms with E-state index in [2.05, 4.69) is 21.2 Å². The van der Waals surface area contributed by atoms with Gasteiger partial charge >= 0.3 is 6.09 Å². The van der Waals surface area contributed by atoms with Gasteiger partial charge in [0.05, 0.1) is 4.92 Å². The van der Waals surface area contributed by atoms with Crippen LogP contribution in [0.1, 0.15) is 16.8 Å². The molecule has 4 aromatic rings. The third-order valence-corrected chi connectivity index (χ3v) is 6.29. The number of aromatic nitrogens is 1. The molecule has 0 saturated carbocycles. The number of carbonyl (C=O) groups is 1. The van der Waals surface area contributed by atoms with Crippen molar-refractivity contribution in [2.75, 3.05) is 5.32 Å². The van der Waals surface area contributed by atoms with Crippen molar-refractivity contribution in [2.24, 2.45) is 0 Å². The molecule has 1 N–H and O–H groups in total. The number of ether oxygens (including phenoxy) is 2. The lowest BCUT2D eigenvalue weighted by molar-refractivity contribution is -0.384. The highest BCUT2D eigenvalue weighted by molar-refractivity contribution is 9.10. The molecular formula is C27H20BrF2N3O6. The van der Waals surface area contributed by atoms with Crippen molar-refractivity contribution in [1.29, 1.82) is 0 Å². The molecule has 4 rings (SSSR count). The van der Waals surface area contributed by atoms with E-state index in [-0.39, 0.29) is 34.7 Å². The minimum atomic E-state index is -0.760.